The van der Waals surface area contributed by atoms with E-state index in [0.717, 1.165) is 0 Å². The van der Waals surface area contributed by atoms with Gasteiger partial charge in [-0.1, -0.05) is 0 Å². The van der Waals surface area contributed by atoms with Gasteiger partial charge in [0.15, 0.2) is 0 Å². The van der Waals surface area contributed by atoms with Crippen molar-refractivity contribution in [3.05, 3.63) is 0 Å². The van der Waals surface area contributed by atoms with Crippen LogP contribution < -0.4 is 0 Å². The van der Waals surface area contributed by atoms with Crippen LogP contribution in [0.5, 0.6) is 0 Å². The Balaban J connectivity index is 0. The third-order valence-corrected chi connectivity index (χ3v) is 0. The van der Waals surface area contributed by atoms with E-state index in [1.807, 2.05) is 0 Å². The van der Waals surface area contributed by atoms with Gasteiger partial charge in [-0.05, 0) is 0 Å². The molecule has 0 spiro atoms. The van der Waals surface area contributed by atoms with Crippen molar-refractivity contribution < 1.29 is 56.0 Å². The molecule has 0 aromatic carbocycles. The summed E-state index contributed by atoms with van der Waals surface area (Å²) < 4.78 is 0. The molecule has 3 nitrogen and oxygen atoms in total. The molecular weight excluding hydrogens is 195 g/mol. The molecule has 0 amide bonds. The number of rotatable bonds is 0. The summed E-state index contributed by atoms with van der Waals surface area (Å²) in [5, 5.41) is 0. The van der Waals surface area contributed by atoms with Gasteiger partial charge in [-0.3, -0.25) is 0 Å². The predicted octanol–water partition coefficient (Wildman–Crippen LogP) is -0.361. The first-order valence-electron chi connectivity index (χ1n) is 0. The van der Waals surface area contributed by atoms with Gasteiger partial charge in [0.25, 0.3) is 0 Å². The molecule has 0 rings (SSSR count). The fraction of sp³-hybridized carbons (Fsp3) is 0. The molecule has 5 heteroatoms. The van der Waals surface area contributed by atoms with Crippen molar-refractivity contribution in [2.24, 2.45) is 0 Å². The van der Waals surface area contributed by atoms with Gasteiger partial charge in [0.2, 0.25) is 0 Å². The molecule has 0 aliphatic heterocycles. The molecule has 0 saturated carbocycles. The van der Waals surface area contributed by atoms with E-state index in [2.05, 4.69) is 0 Å². The van der Waals surface area contributed by atoms with Crippen LogP contribution in [0.3, 0.4) is 0 Å². The van der Waals surface area contributed by atoms with Crippen LogP contribution in [0, 0.1) is 0 Å². The van der Waals surface area contributed by atoms with Crippen molar-refractivity contribution in [3.8, 4) is 0 Å². The summed E-state index contributed by atoms with van der Waals surface area (Å²) in [7, 11) is 0. The van der Waals surface area contributed by atoms with Crippen LogP contribution in [0.1, 0.15) is 0 Å². The van der Waals surface area contributed by atoms with Gasteiger partial charge in [0, 0.05) is 18.6 Å². The summed E-state index contributed by atoms with van der Waals surface area (Å²) >= 11 is 0. The maximum Gasteiger partial charge on any atom is 6.00 e. The molecule has 0 aliphatic carbocycles. The van der Waals surface area contributed by atoms with Crippen molar-refractivity contribution in [2.75, 3.05) is 0 Å². The molecule has 0 heterocycles. The summed E-state index contributed by atoms with van der Waals surface area (Å²) in [4.78, 5) is 0. The second kappa shape index (κ2) is 66.9. The largest absolute Gasteiger partial charge is 6.00 e. The molecule has 0 atom stereocenters. The fourth-order valence-electron chi connectivity index (χ4n) is 0. The molecular formula is MoO3V. The Morgan fingerprint density at radius 3 is 0.600 bits per heavy atom. The van der Waals surface area contributed by atoms with Crippen molar-refractivity contribution >= 4 is 0 Å². The molecule has 0 unspecified atom stereocenters. The Labute approximate surface area is 56.2 Å². The third kappa shape index (κ3) is 38.5. The quantitative estimate of drug-likeness (QED) is 0.472. The van der Waals surface area contributed by atoms with E-state index in [1.54, 1.807) is 0 Å². The minimum Gasteiger partial charge on any atom is -2.00 e. The van der Waals surface area contributed by atoms with Gasteiger partial charge in [0.1, 0.15) is 0 Å². The van der Waals surface area contributed by atoms with Gasteiger partial charge in [0.05, 0.1) is 0 Å². The van der Waals surface area contributed by atoms with Crippen molar-refractivity contribution in [1.29, 1.82) is 0 Å². The predicted molar refractivity (Wildman–Crippen MR) is 2.06 cm³/mol. The maximum absolute atomic E-state index is 0. The van der Waals surface area contributed by atoms with E-state index in [0.29, 0.717) is 0 Å². The molecule has 0 saturated heterocycles. The van der Waals surface area contributed by atoms with E-state index in [9.17, 15) is 0 Å². The van der Waals surface area contributed by atoms with Crippen LogP contribution in [0.15, 0.2) is 0 Å². The summed E-state index contributed by atoms with van der Waals surface area (Å²) in [6.45, 7) is 0. The summed E-state index contributed by atoms with van der Waals surface area (Å²) in [6, 6.07) is 0. The molecule has 1 radical (unpaired) electrons. The van der Waals surface area contributed by atoms with Crippen molar-refractivity contribution in [2.45, 2.75) is 0 Å². The molecule has 0 aliphatic rings. The maximum atomic E-state index is 0. The van der Waals surface area contributed by atoms with E-state index in [-0.39, 0.29) is 56.0 Å². The minimum absolute atomic E-state index is 0. The second-order valence-electron chi connectivity index (χ2n) is 0. The van der Waals surface area contributed by atoms with Crippen molar-refractivity contribution in [3.63, 3.8) is 0 Å². The van der Waals surface area contributed by atoms with Crippen LogP contribution in [-0.4, -0.2) is 0 Å². The molecule has 0 bridgehead atoms. The average Bonchev–Trinajstić information content (AvgIpc) is 0. The zero-order chi connectivity index (χ0) is 0. The normalized spacial score (nSPS) is 0. The van der Waals surface area contributed by atoms with Crippen LogP contribution >= 0.6 is 0 Å². The first kappa shape index (κ1) is 123. The van der Waals surface area contributed by atoms with Gasteiger partial charge >= 0.3 is 21.1 Å². The Morgan fingerprint density at radius 2 is 0.600 bits per heavy atom. The smallest absolute Gasteiger partial charge is 2.00 e. The topological polar surface area (TPSA) is 85.5 Å². The third-order valence-electron chi connectivity index (χ3n) is 0. The SMILES string of the molecule is [Mo+6].[O-2].[O-2].[O-2].[V]. The summed E-state index contributed by atoms with van der Waals surface area (Å²) in [5.41, 5.74) is 0. The molecule has 5 heavy (non-hydrogen) atoms. The first-order chi connectivity index (χ1) is 0. The number of hydrogen-bond donors (Lipinski definition) is 0. The molecule has 0 aromatic heterocycles. The second-order valence-corrected chi connectivity index (χ2v) is 0. The van der Waals surface area contributed by atoms with E-state index in [1.165, 1.54) is 0 Å². The first-order valence-corrected chi connectivity index (χ1v) is 0. The van der Waals surface area contributed by atoms with Crippen molar-refractivity contribution in [1.82, 2.24) is 0 Å². The van der Waals surface area contributed by atoms with Gasteiger partial charge in [-0.2, -0.15) is 0 Å². The van der Waals surface area contributed by atoms with E-state index >= 15 is 0 Å². The zero-order valence-electron chi connectivity index (χ0n) is 2.08. The average molecular weight is 195 g/mol. The zero-order valence-corrected chi connectivity index (χ0v) is 5.48. The Bertz CT molecular complexity index is 6.85. The van der Waals surface area contributed by atoms with E-state index in [4.69, 9.17) is 0 Å². The van der Waals surface area contributed by atoms with Crippen LogP contribution in [0.4, 0.5) is 0 Å². The summed E-state index contributed by atoms with van der Waals surface area (Å²) in [5.74, 6) is 0. The van der Waals surface area contributed by atoms with Crippen LogP contribution in [0.2, 0.25) is 0 Å². The van der Waals surface area contributed by atoms with Gasteiger partial charge in [-0.25, -0.2) is 0 Å². The van der Waals surface area contributed by atoms with Gasteiger partial charge in [-0.15, -0.1) is 0 Å². The monoisotopic (exact) mass is 197 g/mol. The fourth-order valence-corrected chi connectivity index (χ4v) is 0. The Morgan fingerprint density at radius 1 is 0.600 bits per heavy atom. The molecule has 0 N–H and O–H groups in total. The van der Waals surface area contributed by atoms with Gasteiger partial charge < -0.3 is 16.4 Å². The molecule has 0 fully saturated rings. The minimum atomic E-state index is 0. The molecule has 29 valence electrons. The van der Waals surface area contributed by atoms with Crippen LogP contribution in [-0.2, 0) is 56.0 Å². The standard InChI is InChI=1S/Mo.3O.V/q+6;3*-2;. The number of hydrogen-bond acceptors (Lipinski definition) is 0. The Kier molecular flexibility index (Phi) is 1640. The Hall–Kier alpha value is 1.15. The molecule has 0 aromatic rings. The summed E-state index contributed by atoms with van der Waals surface area (Å²) in [6.07, 6.45) is 0. The van der Waals surface area contributed by atoms with Crippen LogP contribution in [0.25, 0.3) is 0 Å². The van der Waals surface area contributed by atoms with E-state index < -0.39 is 0 Å².